The van der Waals surface area contributed by atoms with Crippen LogP contribution in [0.2, 0.25) is 0 Å². The Bertz CT molecular complexity index is 396. The summed E-state index contributed by atoms with van der Waals surface area (Å²) in [5.41, 5.74) is 1.38. The van der Waals surface area contributed by atoms with E-state index < -0.39 is 0 Å². The first-order valence-corrected chi connectivity index (χ1v) is 6.42. The number of amides is 1. The van der Waals surface area contributed by atoms with E-state index in [1.165, 1.54) is 0 Å². The minimum atomic E-state index is -0.162. The highest BCUT2D eigenvalue weighted by atomic mass is 79.9. The van der Waals surface area contributed by atoms with Gasteiger partial charge >= 0.3 is 0 Å². The van der Waals surface area contributed by atoms with E-state index in [0.717, 1.165) is 12.1 Å². The van der Waals surface area contributed by atoms with Gasteiger partial charge in [-0.25, -0.2) is 4.98 Å². The Morgan fingerprint density at radius 2 is 2.29 bits per heavy atom. The Morgan fingerprint density at radius 3 is 2.82 bits per heavy atom. The van der Waals surface area contributed by atoms with Gasteiger partial charge < -0.3 is 10.4 Å². The molecule has 1 amide bonds. The quantitative estimate of drug-likeness (QED) is 0.818. The van der Waals surface area contributed by atoms with Crippen molar-refractivity contribution in [1.29, 1.82) is 0 Å². The maximum atomic E-state index is 12.0. The molecule has 0 aromatic carbocycles. The van der Waals surface area contributed by atoms with Crippen LogP contribution in [0.15, 0.2) is 16.7 Å². The van der Waals surface area contributed by atoms with E-state index in [-0.39, 0.29) is 18.6 Å². The van der Waals surface area contributed by atoms with Gasteiger partial charge in [0.2, 0.25) is 0 Å². The predicted octanol–water partition coefficient (Wildman–Crippen LogP) is 2.04. The number of carbonyl (C=O) groups excluding carboxylic acids is 1. The van der Waals surface area contributed by atoms with Crippen LogP contribution in [-0.2, 0) is 0 Å². The lowest BCUT2D eigenvalue weighted by Crippen LogP contribution is -2.35. The van der Waals surface area contributed by atoms with E-state index in [1.54, 1.807) is 12.1 Å². The van der Waals surface area contributed by atoms with Crippen LogP contribution < -0.4 is 5.32 Å². The monoisotopic (exact) mass is 300 g/mol. The van der Waals surface area contributed by atoms with Crippen LogP contribution in [-0.4, -0.2) is 28.6 Å². The SMILES string of the molecule is CCC(CCO)NC(=O)c1ccc(C)nc1Br. The lowest BCUT2D eigenvalue weighted by Gasteiger charge is -2.16. The minimum Gasteiger partial charge on any atom is -0.396 e. The van der Waals surface area contributed by atoms with Gasteiger partial charge in [-0.1, -0.05) is 6.92 Å². The molecule has 1 aromatic heterocycles. The van der Waals surface area contributed by atoms with E-state index >= 15 is 0 Å². The van der Waals surface area contributed by atoms with Crippen molar-refractivity contribution in [1.82, 2.24) is 10.3 Å². The van der Waals surface area contributed by atoms with E-state index in [9.17, 15) is 4.79 Å². The van der Waals surface area contributed by atoms with E-state index in [4.69, 9.17) is 5.11 Å². The molecule has 0 spiro atoms. The second kappa shape index (κ2) is 6.71. The van der Waals surface area contributed by atoms with Crippen LogP contribution in [0.5, 0.6) is 0 Å². The molecule has 1 rings (SSSR count). The van der Waals surface area contributed by atoms with Crippen LogP contribution in [0.3, 0.4) is 0 Å². The van der Waals surface area contributed by atoms with Crippen LogP contribution >= 0.6 is 15.9 Å². The van der Waals surface area contributed by atoms with Crippen LogP contribution in [0, 0.1) is 6.92 Å². The van der Waals surface area contributed by atoms with Gasteiger partial charge in [0.1, 0.15) is 4.60 Å². The van der Waals surface area contributed by atoms with E-state index in [0.29, 0.717) is 16.6 Å². The van der Waals surface area contributed by atoms with Crippen LogP contribution in [0.1, 0.15) is 35.8 Å². The van der Waals surface area contributed by atoms with Crippen molar-refractivity contribution in [2.24, 2.45) is 0 Å². The van der Waals surface area contributed by atoms with Crippen molar-refractivity contribution < 1.29 is 9.90 Å². The van der Waals surface area contributed by atoms with Gasteiger partial charge in [-0.15, -0.1) is 0 Å². The molecule has 0 fully saturated rings. The van der Waals surface area contributed by atoms with Gasteiger partial charge in [-0.3, -0.25) is 4.79 Å². The number of rotatable bonds is 5. The van der Waals surface area contributed by atoms with E-state index in [1.807, 2.05) is 13.8 Å². The predicted molar refractivity (Wildman–Crippen MR) is 69.9 cm³/mol. The number of aryl methyl sites for hydroxylation is 1. The average Bonchev–Trinajstić information content (AvgIpc) is 2.28. The average molecular weight is 301 g/mol. The molecule has 1 aromatic rings. The number of aromatic nitrogens is 1. The molecule has 0 radical (unpaired) electrons. The first-order chi connectivity index (χ1) is 8.08. The third-order valence-corrected chi connectivity index (χ3v) is 3.14. The molecule has 2 N–H and O–H groups in total. The molecule has 0 aliphatic carbocycles. The zero-order chi connectivity index (χ0) is 12.8. The number of aliphatic hydroxyl groups excluding tert-OH is 1. The Labute approximate surface area is 110 Å². The Hall–Kier alpha value is -0.940. The summed E-state index contributed by atoms with van der Waals surface area (Å²) in [6, 6.07) is 3.54. The number of hydrogen-bond donors (Lipinski definition) is 2. The first-order valence-electron chi connectivity index (χ1n) is 5.63. The fourth-order valence-corrected chi connectivity index (χ4v) is 2.08. The largest absolute Gasteiger partial charge is 0.396 e. The fourth-order valence-electron chi connectivity index (χ4n) is 1.49. The Kier molecular flexibility index (Phi) is 5.58. The maximum absolute atomic E-state index is 12.0. The molecule has 0 bridgehead atoms. The van der Waals surface area contributed by atoms with Crippen molar-refractivity contribution in [2.45, 2.75) is 32.7 Å². The summed E-state index contributed by atoms with van der Waals surface area (Å²) < 4.78 is 0.550. The summed E-state index contributed by atoms with van der Waals surface area (Å²) in [4.78, 5) is 16.1. The van der Waals surface area contributed by atoms with Crippen LogP contribution in [0.4, 0.5) is 0 Å². The number of carbonyl (C=O) groups is 1. The van der Waals surface area contributed by atoms with Gasteiger partial charge in [0.05, 0.1) is 5.56 Å². The van der Waals surface area contributed by atoms with Gasteiger partial charge in [-0.2, -0.15) is 0 Å². The minimum absolute atomic E-state index is 0.000651. The summed E-state index contributed by atoms with van der Waals surface area (Å²) in [6.07, 6.45) is 1.36. The lowest BCUT2D eigenvalue weighted by atomic mass is 10.1. The number of hydrogen-bond acceptors (Lipinski definition) is 3. The third-order valence-electron chi connectivity index (χ3n) is 2.54. The summed E-state index contributed by atoms with van der Waals surface area (Å²) >= 11 is 3.28. The zero-order valence-electron chi connectivity index (χ0n) is 10.0. The fraction of sp³-hybridized carbons (Fsp3) is 0.500. The molecule has 0 aliphatic heterocycles. The van der Waals surface area contributed by atoms with Gasteiger partial charge in [0.15, 0.2) is 0 Å². The van der Waals surface area contributed by atoms with Crippen molar-refractivity contribution >= 4 is 21.8 Å². The third kappa shape index (κ3) is 4.09. The molecular formula is C12H17BrN2O2. The summed E-state index contributed by atoms with van der Waals surface area (Å²) in [5, 5.41) is 11.7. The maximum Gasteiger partial charge on any atom is 0.254 e. The summed E-state index contributed by atoms with van der Waals surface area (Å²) in [7, 11) is 0. The molecule has 1 atom stereocenters. The normalized spacial score (nSPS) is 12.2. The number of nitrogens with zero attached hydrogens (tertiary/aromatic N) is 1. The summed E-state index contributed by atoms with van der Waals surface area (Å²) in [6.45, 7) is 3.92. The van der Waals surface area contributed by atoms with Crippen molar-refractivity contribution in [3.8, 4) is 0 Å². The zero-order valence-corrected chi connectivity index (χ0v) is 11.6. The van der Waals surface area contributed by atoms with Crippen LogP contribution in [0.25, 0.3) is 0 Å². The highest BCUT2D eigenvalue weighted by molar-refractivity contribution is 9.10. The molecule has 0 aliphatic rings. The van der Waals surface area contributed by atoms with E-state index in [2.05, 4.69) is 26.2 Å². The second-order valence-corrected chi connectivity index (χ2v) is 4.63. The first kappa shape index (κ1) is 14.1. The molecule has 1 unspecified atom stereocenters. The highest BCUT2D eigenvalue weighted by Gasteiger charge is 2.14. The molecule has 0 saturated heterocycles. The van der Waals surface area contributed by atoms with Crippen molar-refractivity contribution in [3.05, 3.63) is 28.0 Å². The molecule has 0 saturated carbocycles. The molecule has 4 nitrogen and oxygen atoms in total. The molecule has 1 heterocycles. The number of pyridine rings is 1. The molecular weight excluding hydrogens is 284 g/mol. The molecule has 94 valence electrons. The van der Waals surface area contributed by atoms with Crippen molar-refractivity contribution in [2.75, 3.05) is 6.61 Å². The summed E-state index contributed by atoms with van der Waals surface area (Å²) in [5.74, 6) is -0.162. The molecule has 17 heavy (non-hydrogen) atoms. The highest BCUT2D eigenvalue weighted by Crippen LogP contribution is 2.14. The number of nitrogens with one attached hydrogen (secondary N) is 1. The molecule has 5 heteroatoms. The van der Waals surface area contributed by atoms with Gasteiger partial charge in [-0.05, 0) is 47.8 Å². The second-order valence-electron chi connectivity index (χ2n) is 3.88. The van der Waals surface area contributed by atoms with Gasteiger partial charge in [0, 0.05) is 18.3 Å². The Balaban J connectivity index is 2.75. The Morgan fingerprint density at radius 1 is 1.59 bits per heavy atom. The van der Waals surface area contributed by atoms with Crippen molar-refractivity contribution in [3.63, 3.8) is 0 Å². The number of halogens is 1. The topological polar surface area (TPSA) is 62.2 Å². The standard InChI is InChI=1S/C12H17BrN2O2/c1-3-9(6-7-16)15-12(17)10-5-4-8(2)14-11(10)13/h4-5,9,16H,3,6-7H2,1-2H3,(H,15,17). The smallest absolute Gasteiger partial charge is 0.254 e. The van der Waals surface area contributed by atoms with Gasteiger partial charge in [0.25, 0.3) is 5.91 Å². The lowest BCUT2D eigenvalue weighted by molar-refractivity contribution is 0.0928. The number of aliphatic hydroxyl groups is 1.